The summed E-state index contributed by atoms with van der Waals surface area (Å²) in [5.41, 5.74) is 5.17. The number of ether oxygens (including phenoxy) is 1. The number of likely N-dealkylation sites (N-methyl/N-ethyl adjacent to an activating group) is 1. The molecule has 2 aliphatic heterocycles. The maximum Gasteiger partial charge on any atom is 0.319 e. The van der Waals surface area contributed by atoms with Crippen molar-refractivity contribution in [3.8, 4) is 24.1 Å². The molecule has 0 saturated carbocycles. The van der Waals surface area contributed by atoms with E-state index < -0.39 is 11.9 Å². The molecule has 4 atom stereocenters. The van der Waals surface area contributed by atoms with Crippen molar-refractivity contribution in [2.45, 2.75) is 97.2 Å². The van der Waals surface area contributed by atoms with Gasteiger partial charge in [0, 0.05) is 35.7 Å². The number of benzene rings is 2. The smallest absolute Gasteiger partial charge is 0.319 e. The standard InChI is InChI=1S/C41H50FN5O3.CH5P/c1-8-17-41(18-13-19-46(41)7)24-50-40-44-37-26(6)34(32-22-29(49)21-27-15-16-33(42)30(10-3)35(27)32)38(43-25(5)9-2)31(11-4)36(37)39(45-40)47-20-12-14-28(48)23-47;1-2/h3,11,15-16,21-22,25,28,48-49H,8-9,12-14,17-20,23-24H2,1-2,4-7H3;2H2,1H3/b31-11-,43-38?;. The number of terminal acetylenes is 1. The van der Waals surface area contributed by atoms with Crippen LogP contribution in [0.1, 0.15) is 102 Å². The van der Waals surface area contributed by atoms with Crippen LogP contribution in [-0.4, -0.2) is 88.4 Å². The molecule has 3 heterocycles. The predicted octanol–water partition coefficient (Wildman–Crippen LogP) is 8.14. The number of aromatic nitrogens is 2. The first-order valence-corrected chi connectivity index (χ1v) is 19.9. The van der Waals surface area contributed by atoms with Crippen LogP contribution in [0, 0.1) is 18.2 Å². The zero-order chi connectivity index (χ0) is 37.7. The number of nitrogens with zero attached hydrogens (tertiary/aromatic N) is 5. The molecule has 0 amide bonds. The van der Waals surface area contributed by atoms with Crippen molar-refractivity contribution in [2.75, 3.05) is 44.9 Å². The number of fused-ring (bicyclic) bond motifs is 2. The molecule has 10 heteroatoms. The summed E-state index contributed by atoms with van der Waals surface area (Å²) < 4.78 is 22.0. The van der Waals surface area contributed by atoms with Gasteiger partial charge in [0.2, 0.25) is 0 Å². The number of aliphatic hydroxyl groups excluding tert-OH is 1. The number of aliphatic imine (C=N–C) groups is 1. The number of β-amino-alcohol motifs (C(OH)–C–C–N with tert-alkyl or cyclic N) is 1. The van der Waals surface area contributed by atoms with Crippen molar-refractivity contribution in [2.24, 2.45) is 4.99 Å². The quantitative estimate of drug-likeness (QED) is 0.170. The normalized spacial score (nSPS) is 22.7. The lowest BCUT2D eigenvalue weighted by Crippen LogP contribution is -2.46. The monoisotopic (exact) mass is 727 g/mol. The molecule has 2 aromatic carbocycles. The number of hydrogen-bond acceptors (Lipinski definition) is 8. The van der Waals surface area contributed by atoms with Crippen LogP contribution >= 0.6 is 9.24 Å². The number of hydrogen-bond donors (Lipinski definition) is 2. The first-order valence-electron chi connectivity index (χ1n) is 18.7. The molecular formula is C42H55FN5O3P. The van der Waals surface area contributed by atoms with Gasteiger partial charge in [0.1, 0.15) is 24.0 Å². The highest BCUT2D eigenvalue weighted by Crippen LogP contribution is 2.47. The Morgan fingerprint density at radius 2 is 1.98 bits per heavy atom. The average molecular weight is 728 g/mol. The molecule has 1 aliphatic carbocycles. The van der Waals surface area contributed by atoms with E-state index in [1.54, 1.807) is 18.2 Å². The van der Waals surface area contributed by atoms with Gasteiger partial charge in [0.05, 0.1) is 34.2 Å². The molecule has 4 unspecified atom stereocenters. The van der Waals surface area contributed by atoms with Crippen molar-refractivity contribution in [3.63, 3.8) is 0 Å². The number of halogens is 1. The van der Waals surface area contributed by atoms with Gasteiger partial charge in [-0.3, -0.25) is 9.89 Å². The van der Waals surface area contributed by atoms with Crippen LogP contribution in [0.25, 0.3) is 27.5 Å². The lowest BCUT2D eigenvalue weighted by atomic mass is 9.78. The lowest BCUT2D eigenvalue weighted by molar-refractivity contribution is 0.0825. The molecule has 2 fully saturated rings. The number of aromatic hydroxyl groups is 1. The van der Waals surface area contributed by atoms with Gasteiger partial charge in [-0.15, -0.1) is 15.7 Å². The minimum atomic E-state index is -0.505. The number of likely N-dealkylation sites (tertiary alicyclic amines) is 1. The van der Waals surface area contributed by atoms with Crippen molar-refractivity contribution >= 4 is 48.3 Å². The Labute approximate surface area is 311 Å². The SMILES string of the molecule is C#Cc1c(F)ccc2cc(O)cc(C3=C(C)c4nc(OCC5(CCC)CCCN5C)nc(N5CCCC(O)C5)c4/C(=C/C)C3=NC(C)CC)c12.CP. The molecule has 3 aromatic rings. The van der Waals surface area contributed by atoms with Gasteiger partial charge >= 0.3 is 6.01 Å². The number of aliphatic hydroxyl groups is 1. The summed E-state index contributed by atoms with van der Waals surface area (Å²) >= 11 is 0. The first-order chi connectivity index (χ1) is 25.0. The molecule has 2 N–H and O–H groups in total. The third-order valence-electron chi connectivity index (χ3n) is 10.9. The van der Waals surface area contributed by atoms with Crippen LogP contribution in [0.15, 0.2) is 35.3 Å². The van der Waals surface area contributed by atoms with E-state index in [1.807, 2.05) is 26.6 Å². The van der Waals surface area contributed by atoms with Crippen LogP contribution in [0.5, 0.6) is 11.8 Å². The fraction of sp³-hybridized carbons (Fsp3) is 0.500. The van der Waals surface area contributed by atoms with E-state index in [9.17, 15) is 10.2 Å². The predicted molar refractivity (Wildman–Crippen MR) is 217 cm³/mol. The Morgan fingerprint density at radius 1 is 1.21 bits per heavy atom. The van der Waals surface area contributed by atoms with E-state index in [4.69, 9.17) is 26.1 Å². The largest absolute Gasteiger partial charge is 0.508 e. The lowest BCUT2D eigenvalue weighted by Gasteiger charge is -2.37. The molecule has 3 aliphatic rings. The van der Waals surface area contributed by atoms with Gasteiger partial charge in [0.25, 0.3) is 0 Å². The third-order valence-corrected chi connectivity index (χ3v) is 10.9. The molecule has 2 saturated heterocycles. The number of piperidine rings is 1. The van der Waals surface area contributed by atoms with E-state index in [-0.39, 0.29) is 28.9 Å². The number of phenols is 1. The summed E-state index contributed by atoms with van der Waals surface area (Å²) in [5, 5.41) is 23.0. The van der Waals surface area contributed by atoms with E-state index in [2.05, 4.69) is 52.8 Å². The summed E-state index contributed by atoms with van der Waals surface area (Å²) in [5.74, 6) is 2.81. The van der Waals surface area contributed by atoms with Crippen molar-refractivity contribution < 1.29 is 19.3 Å². The zero-order valence-electron chi connectivity index (χ0n) is 31.9. The van der Waals surface area contributed by atoms with Gasteiger partial charge in [-0.25, -0.2) is 4.39 Å². The Balaban J connectivity index is 0.00000257. The highest BCUT2D eigenvalue weighted by Gasteiger charge is 2.40. The van der Waals surface area contributed by atoms with Crippen molar-refractivity contribution in [1.29, 1.82) is 0 Å². The average Bonchev–Trinajstić information content (AvgIpc) is 3.50. The second kappa shape index (κ2) is 16.9. The van der Waals surface area contributed by atoms with Gasteiger partial charge < -0.3 is 19.8 Å². The molecular weight excluding hydrogens is 672 g/mol. The second-order valence-electron chi connectivity index (χ2n) is 14.2. The number of allylic oxidation sites excluding steroid dienone is 4. The maximum atomic E-state index is 15.3. The van der Waals surface area contributed by atoms with E-state index in [1.165, 1.54) is 6.07 Å². The maximum absolute atomic E-state index is 15.3. The summed E-state index contributed by atoms with van der Waals surface area (Å²) in [7, 11) is 4.59. The van der Waals surface area contributed by atoms with Crippen molar-refractivity contribution in [3.05, 3.63) is 58.5 Å². The van der Waals surface area contributed by atoms with Crippen LogP contribution < -0.4 is 9.64 Å². The third kappa shape index (κ3) is 7.49. The zero-order valence-corrected chi connectivity index (χ0v) is 33.0. The molecule has 0 radical (unpaired) electrons. The Hall–Kier alpha value is -3.83. The highest BCUT2D eigenvalue weighted by molar-refractivity contribution is 7.15. The highest BCUT2D eigenvalue weighted by atomic mass is 31.0. The Kier molecular flexibility index (Phi) is 12.8. The van der Waals surface area contributed by atoms with Crippen LogP contribution in [0.2, 0.25) is 0 Å². The van der Waals surface area contributed by atoms with Gasteiger partial charge in [0.15, 0.2) is 0 Å². The van der Waals surface area contributed by atoms with Crippen molar-refractivity contribution in [1.82, 2.24) is 14.9 Å². The van der Waals surface area contributed by atoms with Crippen LogP contribution in [0.4, 0.5) is 10.2 Å². The number of anilines is 1. The minimum Gasteiger partial charge on any atom is -0.508 e. The number of rotatable bonds is 9. The minimum absolute atomic E-state index is 0.0368. The Morgan fingerprint density at radius 3 is 2.62 bits per heavy atom. The van der Waals surface area contributed by atoms with Gasteiger partial charge in [-0.2, -0.15) is 9.97 Å². The molecule has 1 aromatic heterocycles. The molecule has 8 nitrogen and oxygen atoms in total. The number of phenolic OH excluding ortho intramolecular Hbond substituents is 1. The van der Waals surface area contributed by atoms with Crippen LogP contribution in [0.3, 0.4) is 0 Å². The summed E-state index contributed by atoms with van der Waals surface area (Å²) in [6.07, 6.45) is 14.1. The topological polar surface area (TPSA) is 94.3 Å². The van der Waals surface area contributed by atoms with Gasteiger partial charge in [-0.1, -0.05) is 45.0 Å². The second-order valence-corrected chi connectivity index (χ2v) is 14.2. The summed E-state index contributed by atoms with van der Waals surface area (Å²) in [6, 6.07) is 6.47. The molecule has 278 valence electrons. The van der Waals surface area contributed by atoms with E-state index in [0.717, 1.165) is 80.3 Å². The van der Waals surface area contributed by atoms with Gasteiger partial charge in [-0.05, 0) is 108 Å². The van der Waals surface area contributed by atoms with E-state index >= 15 is 4.39 Å². The summed E-state index contributed by atoms with van der Waals surface area (Å²) in [6.45, 7) is 14.9. The molecule has 6 rings (SSSR count). The summed E-state index contributed by atoms with van der Waals surface area (Å²) in [4.78, 5) is 20.1. The fourth-order valence-electron chi connectivity index (χ4n) is 8.07. The molecule has 0 spiro atoms. The van der Waals surface area contributed by atoms with Crippen LogP contribution in [-0.2, 0) is 0 Å². The van der Waals surface area contributed by atoms with E-state index in [0.29, 0.717) is 46.7 Å². The Bertz CT molecular complexity index is 1930. The molecule has 0 bridgehead atoms. The fourth-order valence-corrected chi connectivity index (χ4v) is 8.07. The first kappa shape index (κ1) is 39.4. The molecule has 52 heavy (non-hydrogen) atoms.